The highest BCUT2D eigenvalue weighted by Gasteiger charge is 2.43. The molecule has 2 fully saturated rings. The highest BCUT2D eigenvalue weighted by molar-refractivity contribution is 6.43. The molecule has 4 N–H and O–H groups in total. The Bertz CT molecular complexity index is 992. The van der Waals surface area contributed by atoms with Gasteiger partial charge in [-0.25, -0.2) is 13.6 Å². The topological polar surface area (TPSA) is 129 Å². The predicted molar refractivity (Wildman–Crippen MR) is 139 cm³/mol. The zero-order valence-corrected chi connectivity index (χ0v) is 22.1. The average Bonchev–Trinajstić information content (AvgIpc) is 3.48. The summed E-state index contributed by atoms with van der Waals surface area (Å²) in [6, 6.07) is 10.3. The molecule has 0 aliphatic carbocycles. The van der Waals surface area contributed by atoms with Crippen LogP contribution >= 0.6 is 0 Å². The molecule has 3 atom stereocenters. The largest absolute Gasteiger partial charge is 0.475 e. The molecule has 0 saturated carbocycles. The molecule has 0 aromatic heterocycles. The van der Waals surface area contributed by atoms with Crippen LogP contribution in [0.1, 0.15) is 51.5 Å². The number of benzene rings is 1. The van der Waals surface area contributed by atoms with Crippen molar-refractivity contribution in [2.45, 2.75) is 75.8 Å². The molecule has 1 aromatic carbocycles. The zero-order chi connectivity index (χ0) is 27.9. The molecule has 12 heteroatoms. The molecule has 0 radical (unpaired) electrons. The third kappa shape index (κ3) is 8.38. The van der Waals surface area contributed by atoms with Gasteiger partial charge in [-0.1, -0.05) is 30.3 Å². The Kier molecular flexibility index (Phi) is 10.1. The highest BCUT2D eigenvalue weighted by Crippen LogP contribution is 2.34. The Balaban J connectivity index is 1.44. The van der Waals surface area contributed by atoms with Crippen molar-refractivity contribution in [1.82, 2.24) is 20.4 Å². The van der Waals surface area contributed by atoms with Gasteiger partial charge in [-0.3, -0.25) is 9.69 Å². The van der Waals surface area contributed by atoms with Crippen LogP contribution in [-0.4, -0.2) is 88.5 Å². The van der Waals surface area contributed by atoms with E-state index < -0.39 is 36.5 Å². The molecular weight excluding hydrogens is 495 g/mol. The molecule has 1 aromatic rings. The number of urea groups is 1. The van der Waals surface area contributed by atoms with E-state index in [0.29, 0.717) is 38.8 Å². The fourth-order valence-electron chi connectivity index (χ4n) is 5.19. The summed E-state index contributed by atoms with van der Waals surface area (Å²) in [6.07, 6.45) is 2.10. The minimum absolute atomic E-state index is 0.147. The number of nitriles is 1. The van der Waals surface area contributed by atoms with Gasteiger partial charge in [0.25, 0.3) is 5.92 Å². The maximum atomic E-state index is 13.6. The zero-order valence-electron chi connectivity index (χ0n) is 22.1. The lowest BCUT2D eigenvalue weighted by Crippen LogP contribution is -2.53. The SMILES string of the molecule is CC(C)(CCCC(C#N)C(=O)N1CC[C@H](NC(=O)N[C@@H](Cc2ccccc2)B(O)O)C1)N1CCC(F)(F)C1. The van der Waals surface area contributed by atoms with Crippen molar-refractivity contribution in [3.05, 3.63) is 35.9 Å². The van der Waals surface area contributed by atoms with E-state index in [-0.39, 0.29) is 37.9 Å². The maximum Gasteiger partial charge on any atom is 0.475 e. The lowest BCUT2D eigenvalue weighted by atomic mass is 9.76. The molecule has 1 unspecified atom stereocenters. The Hall–Kier alpha value is -2.75. The molecular formula is C26H38BF2N5O4. The molecule has 3 rings (SSSR count). The van der Waals surface area contributed by atoms with Gasteiger partial charge in [0.15, 0.2) is 0 Å². The van der Waals surface area contributed by atoms with Crippen molar-refractivity contribution >= 4 is 19.1 Å². The molecule has 9 nitrogen and oxygen atoms in total. The number of amides is 3. The van der Waals surface area contributed by atoms with Crippen molar-refractivity contribution in [2.24, 2.45) is 5.92 Å². The third-order valence-electron chi connectivity index (χ3n) is 7.57. The minimum Gasteiger partial charge on any atom is -0.426 e. The van der Waals surface area contributed by atoms with E-state index in [1.807, 2.05) is 44.2 Å². The van der Waals surface area contributed by atoms with Crippen molar-refractivity contribution in [3.8, 4) is 6.07 Å². The average molecular weight is 533 g/mol. The molecule has 38 heavy (non-hydrogen) atoms. The number of carbonyl (C=O) groups is 2. The van der Waals surface area contributed by atoms with E-state index in [2.05, 4.69) is 16.7 Å². The van der Waals surface area contributed by atoms with E-state index in [9.17, 15) is 33.7 Å². The summed E-state index contributed by atoms with van der Waals surface area (Å²) in [5.41, 5.74) is 0.396. The summed E-state index contributed by atoms with van der Waals surface area (Å²) in [5, 5.41) is 34.3. The standard InChI is InChI=1S/C26H38BF2N5O4/c1-25(2,34-14-12-26(28,29)18-34)11-6-9-20(16-30)23(35)33-13-10-21(17-33)31-24(36)32-22(27(37)38)15-19-7-4-3-5-8-19/h3-5,7-8,20-22,37-38H,6,9-15,17-18H2,1-2H3,(H2,31,32,36)/t20?,21-,22-/m0/s1. The number of hydrogen-bond donors (Lipinski definition) is 4. The van der Waals surface area contributed by atoms with Gasteiger partial charge in [0.1, 0.15) is 5.92 Å². The molecule has 2 saturated heterocycles. The lowest BCUT2D eigenvalue weighted by Gasteiger charge is -2.35. The second kappa shape index (κ2) is 12.9. The van der Waals surface area contributed by atoms with E-state index in [1.165, 1.54) is 0 Å². The number of carbonyl (C=O) groups excluding carboxylic acids is 2. The van der Waals surface area contributed by atoms with E-state index in [1.54, 1.807) is 9.80 Å². The van der Waals surface area contributed by atoms with Gasteiger partial charge < -0.3 is 25.6 Å². The normalized spacial score (nSPS) is 21.0. The van der Waals surface area contributed by atoms with Crippen LogP contribution < -0.4 is 10.6 Å². The summed E-state index contributed by atoms with van der Waals surface area (Å²) >= 11 is 0. The quantitative estimate of drug-likeness (QED) is 0.322. The summed E-state index contributed by atoms with van der Waals surface area (Å²) in [5.74, 6) is -4.70. The van der Waals surface area contributed by atoms with Gasteiger partial charge in [0.05, 0.1) is 18.6 Å². The second-order valence-electron chi connectivity index (χ2n) is 11.0. The summed E-state index contributed by atoms with van der Waals surface area (Å²) in [4.78, 5) is 28.8. The number of halogens is 2. The van der Waals surface area contributed by atoms with Crippen molar-refractivity contribution in [2.75, 3.05) is 26.2 Å². The molecule has 3 amide bonds. The number of hydrogen-bond acceptors (Lipinski definition) is 6. The lowest BCUT2D eigenvalue weighted by molar-refractivity contribution is -0.133. The first-order valence-electron chi connectivity index (χ1n) is 13.2. The van der Waals surface area contributed by atoms with Gasteiger partial charge in [0.2, 0.25) is 5.91 Å². The number of rotatable bonds is 11. The van der Waals surface area contributed by atoms with E-state index in [4.69, 9.17) is 0 Å². The Labute approximate surface area is 223 Å². The second-order valence-corrected chi connectivity index (χ2v) is 11.0. The summed E-state index contributed by atoms with van der Waals surface area (Å²) < 4.78 is 27.2. The van der Waals surface area contributed by atoms with Crippen LogP contribution in [0.15, 0.2) is 30.3 Å². The van der Waals surface area contributed by atoms with E-state index in [0.717, 1.165) is 5.56 Å². The van der Waals surface area contributed by atoms with Crippen molar-refractivity contribution in [3.63, 3.8) is 0 Å². The maximum absolute atomic E-state index is 13.6. The first kappa shape index (κ1) is 29.8. The Morgan fingerprint density at radius 1 is 1.26 bits per heavy atom. The van der Waals surface area contributed by atoms with Crippen LogP contribution in [0.4, 0.5) is 13.6 Å². The number of nitrogens with one attached hydrogen (secondary N) is 2. The van der Waals surface area contributed by atoms with Crippen molar-refractivity contribution in [1.29, 1.82) is 5.26 Å². The first-order chi connectivity index (χ1) is 17.9. The predicted octanol–water partition coefficient (Wildman–Crippen LogP) is 1.94. The van der Waals surface area contributed by atoms with Crippen LogP contribution in [0, 0.1) is 17.2 Å². The molecule has 0 bridgehead atoms. The first-order valence-corrected chi connectivity index (χ1v) is 13.2. The molecule has 208 valence electrons. The Morgan fingerprint density at radius 3 is 2.58 bits per heavy atom. The van der Waals surface area contributed by atoms with Gasteiger partial charge >= 0.3 is 13.1 Å². The van der Waals surface area contributed by atoms with Crippen LogP contribution in [0.25, 0.3) is 0 Å². The molecule has 2 heterocycles. The van der Waals surface area contributed by atoms with Crippen LogP contribution in [-0.2, 0) is 11.2 Å². The summed E-state index contributed by atoms with van der Waals surface area (Å²) in [7, 11) is -1.74. The number of likely N-dealkylation sites (tertiary alicyclic amines) is 2. The molecule has 2 aliphatic heterocycles. The minimum atomic E-state index is -2.67. The van der Waals surface area contributed by atoms with E-state index >= 15 is 0 Å². The van der Waals surface area contributed by atoms with Crippen LogP contribution in [0.5, 0.6) is 0 Å². The van der Waals surface area contributed by atoms with Crippen LogP contribution in [0.3, 0.4) is 0 Å². The Morgan fingerprint density at radius 2 is 1.97 bits per heavy atom. The smallest absolute Gasteiger partial charge is 0.426 e. The van der Waals surface area contributed by atoms with Gasteiger partial charge in [0, 0.05) is 37.6 Å². The van der Waals surface area contributed by atoms with Gasteiger partial charge in [-0.15, -0.1) is 0 Å². The molecule has 2 aliphatic rings. The monoisotopic (exact) mass is 533 g/mol. The molecule has 0 spiro atoms. The third-order valence-corrected chi connectivity index (χ3v) is 7.57. The van der Waals surface area contributed by atoms with Gasteiger partial charge in [-0.05, 0) is 51.5 Å². The number of nitrogens with zero attached hydrogens (tertiary/aromatic N) is 3. The van der Waals surface area contributed by atoms with Gasteiger partial charge in [-0.2, -0.15) is 5.26 Å². The fraction of sp³-hybridized carbons (Fsp3) is 0.654. The highest BCUT2D eigenvalue weighted by atomic mass is 19.3. The number of alkyl halides is 2. The summed E-state index contributed by atoms with van der Waals surface area (Å²) in [6.45, 7) is 4.55. The van der Waals surface area contributed by atoms with Crippen molar-refractivity contribution < 1.29 is 28.4 Å². The van der Waals surface area contributed by atoms with Crippen LogP contribution in [0.2, 0.25) is 0 Å². The fourth-order valence-corrected chi connectivity index (χ4v) is 5.19.